The van der Waals surface area contributed by atoms with Crippen molar-refractivity contribution in [2.75, 3.05) is 13.2 Å². The first-order chi connectivity index (χ1) is 7.51. The molecule has 90 valence electrons. The van der Waals surface area contributed by atoms with Gasteiger partial charge in [-0.15, -0.1) is 0 Å². The van der Waals surface area contributed by atoms with Gasteiger partial charge in [-0.2, -0.15) is 0 Å². The zero-order chi connectivity index (χ0) is 12.0. The molecule has 0 aliphatic rings. The quantitative estimate of drug-likeness (QED) is 0.776. The number of rotatable bonds is 5. The lowest BCUT2D eigenvalue weighted by molar-refractivity contribution is -0.0168. The lowest BCUT2D eigenvalue weighted by Gasteiger charge is -2.19. The Hall–Kier alpha value is -1.13. The van der Waals surface area contributed by atoms with Gasteiger partial charge in [-0.25, -0.2) is 4.98 Å². The molecule has 4 heteroatoms. The standard InChI is InChI=1S/C12H19NO3/c1-12(2,3)16-7-6-15-11-8-10(9-14)4-5-13-11/h4-5,8,14H,6-7,9H2,1-3H3. The number of aliphatic hydroxyl groups is 1. The average Bonchev–Trinajstić information content (AvgIpc) is 2.23. The molecule has 1 N–H and O–H groups in total. The van der Waals surface area contributed by atoms with Gasteiger partial charge < -0.3 is 14.6 Å². The topological polar surface area (TPSA) is 51.6 Å². The van der Waals surface area contributed by atoms with Crippen molar-refractivity contribution >= 4 is 0 Å². The molecular weight excluding hydrogens is 206 g/mol. The summed E-state index contributed by atoms with van der Waals surface area (Å²) in [6.07, 6.45) is 1.62. The van der Waals surface area contributed by atoms with Gasteiger partial charge in [-0.3, -0.25) is 0 Å². The summed E-state index contributed by atoms with van der Waals surface area (Å²) in [4.78, 5) is 4.03. The van der Waals surface area contributed by atoms with Crippen molar-refractivity contribution in [2.45, 2.75) is 33.0 Å². The number of hydrogen-bond acceptors (Lipinski definition) is 4. The summed E-state index contributed by atoms with van der Waals surface area (Å²) in [7, 11) is 0. The molecule has 0 bridgehead atoms. The van der Waals surface area contributed by atoms with Crippen LogP contribution in [0.5, 0.6) is 5.88 Å². The first-order valence-electron chi connectivity index (χ1n) is 5.34. The van der Waals surface area contributed by atoms with Gasteiger partial charge in [0.25, 0.3) is 0 Å². The highest BCUT2D eigenvalue weighted by Gasteiger charge is 2.09. The Labute approximate surface area is 96.2 Å². The number of ether oxygens (including phenoxy) is 2. The third kappa shape index (κ3) is 5.09. The summed E-state index contributed by atoms with van der Waals surface area (Å²) < 4.78 is 10.9. The predicted octanol–water partition coefficient (Wildman–Crippen LogP) is 1.77. The van der Waals surface area contributed by atoms with Crippen LogP contribution < -0.4 is 4.74 Å². The van der Waals surface area contributed by atoms with Crippen LogP contribution in [-0.2, 0) is 11.3 Å². The molecule has 4 nitrogen and oxygen atoms in total. The van der Waals surface area contributed by atoms with Gasteiger partial charge in [0.2, 0.25) is 5.88 Å². The SMILES string of the molecule is CC(C)(C)OCCOc1cc(CO)ccn1. The van der Waals surface area contributed by atoms with E-state index in [9.17, 15) is 0 Å². The monoisotopic (exact) mass is 225 g/mol. The summed E-state index contributed by atoms with van der Waals surface area (Å²) in [6, 6.07) is 3.47. The molecule has 0 radical (unpaired) electrons. The summed E-state index contributed by atoms with van der Waals surface area (Å²) in [6.45, 7) is 6.97. The van der Waals surface area contributed by atoms with Crippen LogP contribution in [0.2, 0.25) is 0 Å². The van der Waals surface area contributed by atoms with E-state index in [4.69, 9.17) is 14.6 Å². The highest BCUT2D eigenvalue weighted by molar-refractivity contribution is 5.19. The lowest BCUT2D eigenvalue weighted by Crippen LogP contribution is -2.22. The fraction of sp³-hybridized carbons (Fsp3) is 0.583. The third-order valence-corrected chi connectivity index (χ3v) is 1.85. The molecule has 0 spiro atoms. The largest absolute Gasteiger partial charge is 0.475 e. The highest BCUT2D eigenvalue weighted by Crippen LogP contribution is 2.10. The van der Waals surface area contributed by atoms with Crippen molar-refractivity contribution in [3.8, 4) is 5.88 Å². The Morgan fingerprint density at radius 3 is 2.69 bits per heavy atom. The van der Waals surface area contributed by atoms with Gasteiger partial charge in [0.15, 0.2) is 0 Å². The van der Waals surface area contributed by atoms with Gasteiger partial charge in [-0.05, 0) is 32.4 Å². The van der Waals surface area contributed by atoms with Gasteiger partial charge in [0.1, 0.15) is 6.61 Å². The summed E-state index contributed by atoms with van der Waals surface area (Å²) in [5.74, 6) is 0.518. The third-order valence-electron chi connectivity index (χ3n) is 1.85. The maximum absolute atomic E-state index is 8.93. The smallest absolute Gasteiger partial charge is 0.213 e. The van der Waals surface area contributed by atoms with E-state index in [1.165, 1.54) is 0 Å². The summed E-state index contributed by atoms with van der Waals surface area (Å²) in [5.41, 5.74) is 0.644. The van der Waals surface area contributed by atoms with Crippen LogP contribution in [-0.4, -0.2) is 28.9 Å². The van der Waals surface area contributed by atoms with E-state index in [2.05, 4.69) is 4.98 Å². The zero-order valence-electron chi connectivity index (χ0n) is 10.1. The average molecular weight is 225 g/mol. The first kappa shape index (κ1) is 12.9. The normalized spacial score (nSPS) is 11.5. The second-order valence-corrected chi connectivity index (χ2v) is 4.47. The summed E-state index contributed by atoms with van der Waals surface area (Å²) >= 11 is 0. The van der Waals surface area contributed by atoms with Crippen LogP contribution in [0.1, 0.15) is 26.3 Å². The Morgan fingerprint density at radius 2 is 2.06 bits per heavy atom. The first-order valence-corrected chi connectivity index (χ1v) is 5.34. The van der Waals surface area contributed by atoms with E-state index in [1.807, 2.05) is 20.8 Å². The second-order valence-electron chi connectivity index (χ2n) is 4.47. The molecule has 0 saturated carbocycles. The number of aliphatic hydroxyl groups excluding tert-OH is 1. The van der Waals surface area contributed by atoms with Crippen molar-refractivity contribution in [2.24, 2.45) is 0 Å². The molecule has 0 aliphatic carbocycles. The highest BCUT2D eigenvalue weighted by atomic mass is 16.5. The van der Waals surface area contributed by atoms with E-state index in [-0.39, 0.29) is 12.2 Å². The van der Waals surface area contributed by atoms with Gasteiger partial charge in [0.05, 0.1) is 18.8 Å². The zero-order valence-corrected chi connectivity index (χ0v) is 10.1. The predicted molar refractivity (Wildman–Crippen MR) is 61.4 cm³/mol. The Morgan fingerprint density at radius 1 is 1.31 bits per heavy atom. The van der Waals surface area contributed by atoms with E-state index in [0.717, 1.165) is 5.56 Å². The number of pyridine rings is 1. The molecule has 1 rings (SSSR count). The Balaban J connectivity index is 2.32. The van der Waals surface area contributed by atoms with Crippen molar-refractivity contribution in [1.82, 2.24) is 4.98 Å². The molecule has 16 heavy (non-hydrogen) atoms. The minimum atomic E-state index is -0.149. The van der Waals surface area contributed by atoms with Crippen LogP contribution in [0.4, 0.5) is 0 Å². The molecule has 0 atom stereocenters. The number of aromatic nitrogens is 1. The molecule has 1 heterocycles. The van der Waals surface area contributed by atoms with Gasteiger partial charge >= 0.3 is 0 Å². The Kier molecular flexibility index (Phi) is 4.71. The van der Waals surface area contributed by atoms with Gasteiger partial charge in [-0.1, -0.05) is 0 Å². The molecule has 0 aliphatic heterocycles. The molecular formula is C12H19NO3. The van der Waals surface area contributed by atoms with E-state index < -0.39 is 0 Å². The van der Waals surface area contributed by atoms with Crippen LogP contribution >= 0.6 is 0 Å². The molecule has 0 saturated heterocycles. The maximum atomic E-state index is 8.93. The fourth-order valence-electron chi connectivity index (χ4n) is 1.12. The van der Waals surface area contributed by atoms with Crippen molar-refractivity contribution < 1.29 is 14.6 Å². The van der Waals surface area contributed by atoms with Crippen molar-refractivity contribution in [3.63, 3.8) is 0 Å². The van der Waals surface area contributed by atoms with E-state index >= 15 is 0 Å². The van der Waals surface area contributed by atoms with Crippen LogP contribution in [0, 0.1) is 0 Å². The minimum Gasteiger partial charge on any atom is -0.475 e. The number of hydrogen-bond donors (Lipinski definition) is 1. The summed E-state index contributed by atoms with van der Waals surface area (Å²) in [5, 5.41) is 8.93. The molecule has 0 amide bonds. The molecule has 1 aromatic heterocycles. The molecule has 0 fully saturated rings. The van der Waals surface area contributed by atoms with Crippen LogP contribution in [0.25, 0.3) is 0 Å². The van der Waals surface area contributed by atoms with Crippen molar-refractivity contribution in [3.05, 3.63) is 23.9 Å². The van der Waals surface area contributed by atoms with Crippen molar-refractivity contribution in [1.29, 1.82) is 0 Å². The number of nitrogens with zero attached hydrogens (tertiary/aromatic N) is 1. The van der Waals surface area contributed by atoms with E-state index in [0.29, 0.717) is 19.1 Å². The molecule has 1 aromatic rings. The van der Waals surface area contributed by atoms with Crippen LogP contribution in [0.3, 0.4) is 0 Å². The van der Waals surface area contributed by atoms with Gasteiger partial charge in [0, 0.05) is 12.3 Å². The van der Waals surface area contributed by atoms with Crippen LogP contribution in [0.15, 0.2) is 18.3 Å². The Bertz CT molecular complexity index is 320. The lowest BCUT2D eigenvalue weighted by atomic mass is 10.2. The maximum Gasteiger partial charge on any atom is 0.213 e. The second kappa shape index (κ2) is 5.82. The minimum absolute atomic E-state index is 0.00261. The molecule has 0 aromatic carbocycles. The van der Waals surface area contributed by atoms with E-state index in [1.54, 1.807) is 18.3 Å². The fourth-order valence-corrected chi connectivity index (χ4v) is 1.12. The molecule has 0 unspecified atom stereocenters.